The first kappa shape index (κ1) is 13.4. The highest BCUT2D eigenvalue weighted by atomic mass is 16.5. The maximum atomic E-state index is 12.0. The van der Waals surface area contributed by atoms with E-state index < -0.39 is 11.4 Å². The number of methoxy groups -OCH3 is 1. The largest absolute Gasteiger partial charge is 0.481 e. The molecule has 0 bridgehead atoms. The molecule has 4 nitrogen and oxygen atoms in total. The third kappa shape index (κ3) is 2.19. The van der Waals surface area contributed by atoms with E-state index in [1.54, 1.807) is 7.11 Å². The lowest BCUT2D eigenvalue weighted by Gasteiger charge is -2.41. The molecule has 1 heterocycles. The van der Waals surface area contributed by atoms with E-state index in [0.29, 0.717) is 18.9 Å². The van der Waals surface area contributed by atoms with Gasteiger partial charge in [0.2, 0.25) is 0 Å². The van der Waals surface area contributed by atoms with Gasteiger partial charge < -0.3 is 14.6 Å². The van der Waals surface area contributed by atoms with Crippen LogP contribution in [-0.2, 0) is 14.3 Å². The third-order valence-corrected chi connectivity index (χ3v) is 5.46. The van der Waals surface area contributed by atoms with E-state index in [9.17, 15) is 9.90 Å². The second-order valence-electron chi connectivity index (χ2n) is 6.45. The minimum atomic E-state index is -0.641. The van der Waals surface area contributed by atoms with Crippen LogP contribution >= 0.6 is 0 Å². The molecule has 0 aromatic rings. The van der Waals surface area contributed by atoms with E-state index in [0.717, 1.165) is 38.5 Å². The number of aliphatic carboxylic acids is 1. The number of hydrogen-bond acceptors (Lipinski definition) is 3. The smallest absolute Gasteiger partial charge is 0.312 e. The van der Waals surface area contributed by atoms with Crippen LogP contribution in [0.4, 0.5) is 0 Å². The minimum absolute atomic E-state index is 0.0504. The van der Waals surface area contributed by atoms with E-state index in [4.69, 9.17) is 9.47 Å². The molecule has 0 spiro atoms. The van der Waals surface area contributed by atoms with Gasteiger partial charge in [-0.1, -0.05) is 6.42 Å². The Balaban J connectivity index is 1.85. The second-order valence-corrected chi connectivity index (χ2v) is 6.45. The van der Waals surface area contributed by atoms with E-state index in [1.165, 1.54) is 0 Å². The van der Waals surface area contributed by atoms with Gasteiger partial charge in [-0.05, 0) is 50.4 Å². The van der Waals surface area contributed by atoms with E-state index in [-0.39, 0.29) is 18.1 Å². The quantitative estimate of drug-likeness (QED) is 0.851. The molecule has 108 valence electrons. The Hall–Kier alpha value is -0.610. The van der Waals surface area contributed by atoms with E-state index >= 15 is 0 Å². The van der Waals surface area contributed by atoms with Gasteiger partial charge in [0.15, 0.2) is 0 Å². The predicted octanol–water partition coefficient (Wildman–Crippen LogP) is 2.46. The summed E-state index contributed by atoms with van der Waals surface area (Å²) in [6.07, 6.45) is 7.19. The Morgan fingerprint density at radius 2 is 2.11 bits per heavy atom. The monoisotopic (exact) mass is 268 g/mol. The molecule has 2 aliphatic carbocycles. The van der Waals surface area contributed by atoms with Crippen LogP contribution in [0, 0.1) is 17.3 Å². The van der Waals surface area contributed by atoms with Crippen LogP contribution in [-0.4, -0.2) is 37.0 Å². The molecule has 0 radical (unpaired) electrons. The fourth-order valence-electron chi connectivity index (χ4n) is 4.27. The van der Waals surface area contributed by atoms with Crippen molar-refractivity contribution in [1.82, 2.24) is 0 Å². The SMILES string of the molecule is COC1CCCC(C2(C(=O)O)CCOC2C2CC2)C1. The molecule has 0 aromatic carbocycles. The normalized spacial score (nSPS) is 43.3. The summed E-state index contributed by atoms with van der Waals surface area (Å²) >= 11 is 0. The molecule has 2 saturated carbocycles. The van der Waals surface area contributed by atoms with Crippen LogP contribution in [0.2, 0.25) is 0 Å². The molecule has 0 amide bonds. The maximum Gasteiger partial charge on any atom is 0.312 e. The Labute approximate surface area is 114 Å². The summed E-state index contributed by atoms with van der Waals surface area (Å²) in [4.78, 5) is 12.0. The van der Waals surface area contributed by atoms with Gasteiger partial charge in [-0.25, -0.2) is 0 Å². The summed E-state index contributed by atoms with van der Waals surface area (Å²) in [7, 11) is 1.74. The van der Waals surface area contributed by atoms with Crippen LogP contribution in [0.15, 0.2) is 0 Å². The predicted molar refractivity (Wildman–Crippen MR) is 69.9 cm³/mol. The zero-order valence-electron chi connectivity index (χ0n) is 11.6. The van der Waals surface area contributed by atoms with Gasteiger partial charge in [-0.2, -0.15) is 0 Å². The standard InChI is InChI=1S/C15H24O4/c1-18-12-4-2-3-11(9-12)15(14(16)17)7-8-19-13(15)10-5-6-10/h10-13H,2-9H2,1H3,(H,16,17). The number of carboxylic acid groups (broad SMARTS) is 1. The highest BCUT2D eigenvalue weighted by Crippen LogP contribution is 2.55. The van der Waals surface area contributed by atoms with Crippen molar-refractivity contribution in [2.75, 3.05) is 13.7 Å². The van der Waals surface area contributed by atoms with Crippen LogP contribution in [0.25, 0.3) is 0 Å². The van der Waals surface area contributed by atoms with Gasteiger partial charge in [0.1, 0.15) is 0 Å². The Bertz CT molecular complexity index is 352. The molecular weight excluding hydrogens is 244 g/mol. The molecule has 4 unspecified atom stereocenters. The van der Waals surface area contributed by atoms with Crippen molar-refractivity contribution in [2.45, 2.75) is 57.2 Å². The average Bonchev–Trinajstić information content (AvgIpc) is 3.17. The molecular formula is C15H24O4. The minimum Gasteiger partial charge on any atom is -0.481 e. The fourth-order valence-corrected chi connectivity index (χ4v) is 4.27. The van der Waals surface area contributed by atoms with Crippen molar-refractivity contribution < 1.29 is 19.4 Å². The first-order chi connectivity index (χ1) is 9.18. The highest BCUT2D eigenvalue weighted by molar-refractivity contribution is 5.76. The van der Waals surface area contributed by atoms with Gasteiger partial charge in [0, 0.05) is 13.7 Å². The maximum absolute atomic E-state index is 12.0. The van der Waals surface area contributed by atoms with Crippen molar-refractivity contribution >= 4 is 5.97 Å². The van der Waals surface area contributed by atoms with Gasteiger partial charge in [0.05, 0.1) is 17.6 Å². The van der Waals surface area contributed by atoms with E-state index in [1.807, 2.05) is 0 Å². The number of carbonyl (C=O) groups is 1. The van der Waals surface area contributed by atoms with Crippen LogP contribution in [0.1, 0.15) is 44.9 Å². The second kappa shape index (κ2) is 5.06. The first-order valence-corrected chi connectivity index (χ1v) is 7.56. The highest BCUT2D eigenvalue weighted by Gasteiger charge is 2.60. The van der Waals surface area contributed by atoms with Crippen molar-refractivity contribution in [3.05, 3.63) is 0 Å². The lowest BCUT2D eigenvalue weighted by Crippen LogP contribution is -2.48. The van der Waals surface area contributed by atoms with Gasteiger partial charge >= 0.3 is 5.97 Å². The molecule has 3 aliphatic rings. The topological polar surface area (TPSA) is 55.8 Å². The number of ether oxygens (including phenoxy) is 2. The number of carboxylic acids is 1. The Morgan fingerprint density at radius 1 is 1.32 bits per heavy atom. The zero-order chi connectivity index (χ0) is 13.5. The molecule has 1 saturated heterocycles. The molecule has 1 aliphatic heterocycles. The summed E-state index contributed by atoms with van der Waals surface area (Å²) < 4.78 is 11.3. The lowest BCUT2D eigenvalue weighted by molar-refractivity contribution is -0.161. The molecule has 0 aromatic heterocycles. The summed E-state index contributed by atoms with van der Waals surface area (Å²) in [5, 5.41) is 9.90. The van der Waals surface area contributed by atoms with Crippen LogP contribution in [0.5, 0.6) is 0 Å². The molecule has 1 N–H and O–H groups in total. The third-order valence-electron chi connectivity index (χ3n) is 5.46. The van der Waals surface area contributed by atoms with Crippen molar-refractivity contribution in [1.29, 1.82) is 0 Å². The van der Waals surface area contributed by atoms with Crippen LogP contribution in [0.3, 0.4) is 0 Å². The fraction of sp³-hybridized carbons (Fsp3) is 0.933. The van der Waals surface area contributed by atoms with E-state index in [2.05, 4.69) is 0 Å². The van der Waals surface area contributed by atoms with Gasteiger partial charge in [-0.15, -0.1) is 0 Å². The molecule has 19 heavy (non-hydrogen) atoms. The summed E-state index contributed by atoms with van der Waals surface area (Å²) in [6, 6.07) is 0. The molecule has 3 fully saturated rings. The molecule has 4 atom stereocenters. The van der Waals surface area contributed by atoms with Gasteiger partial charge in [0.25, 0.3) is 0 Å². The summed E-state index contributed by atoms with van der Waals surface area (Å²) in [5.41, 5.74) is -0.641. The Morgan fingerprint density at radius 3 is 2.74 bits per heavy atom. The van der Waals surface area contributed by atoms with Crippen molar-refractivity contribution in [3.63, 3.8) is 0 Å². The number of hydrogen-bond donors (Lipinski definition) is 1. The lowest BCUT2D eigenvalue weighted by atomic mass is 9.63. The van der Waals surface area contributed by atoms with Crippen molar-refractivity contribution in [2.24, 2.45) is 17.3 Å². The van der Waals surface area contributed by atoms with Crippen molar-refractivity contribution in [3.8, 4) is 0 Å². The number of rotatable bonds is 4. The first-order valence-electron chi connectivity index (χ1n) is 7.56. The zero-order valence-corrected chi connectivity index (χ0v) is 11.6. The average molecular weight is 268 g/mol. The molecule has 4 heteroatoms. The Kier molecular flexibility index (Phi) is 3.56. The molecule has 3 rings (SSSR count). The van der Waals surface area contributed by atoms with Crippen LogP contribution < -0.4 is 0 Å². The van der Waals surface area contributed by atoms with Gasteiger partial charge in [-0.3, -0.25) is 4.79 Å². The summed E-state index contributed by atoms with van der Waals surface area (Å²) in [6.45, 7) is 0.613. The summed E-state index contributed by atoms with van der Waals surface area (Å²) in [5.74, 6) is 0.0713.